The van der Waals surface area contributed by atoms with Crippen LogP contribution in [0.4, 0.5) is 0 Å². The van der Waals surface area contributed by atoms with E-state index >= 15 is 0 Å². The molecular weight excluding hydrogens is 202 g/mol. The molecule has 2 rings (SSSR count). The Kier molecular flexibility index (Phi) is 3.64. The number of carbonyl (C=O) groups excluding carboxylic acids is 1. The Bertz CT molecular complexity index is 309. The van der Waals surface area contributed by atoms with Gasteiger partial charge in [-0.15, -0.1) is 0 Å². The number of amides is 1. The number of carbonyl (C=O) groups is 1. The number of unbranched alkanes of at least 4 members (excludes halogenated alkanes) is 1. The van der Waals surface area contributed by atoms with Crippen molar-refractivity contribution in [3.05, 3.63) is 11.1 Å². The first-order chi connectivity index (χ1) is 7.79. The van der Waals surface area contributed by atoms with Crippen molar-refractivity contribution < 1.29 is 9.53 Å². The van der Waals surface area contributed by atoms with Crippen molar-refractivity contribution in [2.45, 2.75) is 51.7 Å². The summed E-state index contributed by atoms with van der Waals surface area (Å²) in [6.45, 7) is 2.98. The van der Waals surface area contributed by atoms with Gasteiger partial charge < -0.3 is 9.64 Å². The molecule has 1 aliphatic carbocycles. The first-order valence-corrected chi connectivity index (χ1v) is 6.35. The van der Waals surface area contributed by atoms with Crippen LogP contribution in [0.5, 0.6) is 0 Å². The molecular formula is C13H21NO2. The maximum absolute atomic E-state index is 12.2. The van der Waals surface area contributed by atoms with Gasteiger partial charge in [-0.2, -0.15) is 0 Å². The number of hydrogen-bond donors (Lipinski definition) is 0. The van der Waals surface area contributed by atoms with Gasteiger partial charge in [-0.05, 0) is 37.7 Å². The van der Waals surface area contributed by atoms with E-state index in [1.807, 2.05) is 4.90 Å². The number of rotatable bonds is 4. The van der Waals surface area contributed by atoms with Crippen LogP contribution in [0.1, 0.15) is 45.4 Å². The summed E-state index contributed by atoms with van der Waals surface area (Å²) in [5.41, 5.74) is 2.31. The molecule has 1 heterocycles. The highest BCUT2D eigenvalue weighted by atomic mass is 16.5. The van der Waals surface area contributed by atoms with Gasteiger partial charge in [0.25, 0.3) is 5.91 Å². The molecule has 1 unspecified atom stereocenters. The summed E-state index contributed by atoms with van der Waals surface area (Å²) in [5, 5.41) is 0. The van der Waals surface area contributed by atoms with Gasteiger partial charge in [0.05, 0.1) is 0 Å². The first kappa shape index (κ1) is 11.6. The molecule has 0 saturated heterocycles. The lowest BCUT2D eigenvalue weighted by Gasteiger charge is -2.25. The zero-order valence-electron chi connectivity index (χ0n) is 10.3. The standard InChI is InChI=1S/C13H21NO2/c1-3-4-9-14-12(15)10-7-5-6-8-11(10)13(14)16-2/h13H,3-9H2,1-2H3. The number of nitrogens with zero attached hydrogens (tertiary/aromatic N) is 1. The van der Waals surface area contributed by atoms with Crippen molar-refractivity contribution in [1.29, 1.82) is 0 Å². The fraction of sp³-hybridized carbons (Fsp3) is 0.769. The van der Waals surface area contributed by atoms with Crippen LogP contribution in [0.2, 0.25) is 0 Å². The van der Waals surface area contributed by atoms with E-state index in [9.17, 15) is 4.79 Å². The van der Waals surface area contributed by atoms with Gasteiger partial charge in [-0.3, -0.25) is 4.79 Å². The van der Waals surface area contributed by atoms with Gasteiger partial charge >= 0.3 is 0 Å². The highest BCUT2D eigenvalue weighted by Crippen LogP contribution is 2.36. The van der Waals surface area contributed by atoms with Gasteiger partial charge in [-0.1, -0.05) is 13.3 Å². The number of ether oxygens (including phenoxy) is 1. The van der Waals surface area contributed by atoms with Crippen molar-refractivity contribution in [1.82, 2.24) is 4.90 Å². The van der Waals surface area contributed by atoms with Crippen molar-refractivity contribution in [2.24, 2.45) is 0 Å². The highest BCUT2D eigenvalue weighted by Gasteiger charge is 2.39. The van der Waals surface area contributed by atoms with E-state index in [0.29, 0.717) is 0 Å². The largest absolute Gasteiger partial charge is 0.357 e. The van der Waals surface area contributed by atoms with Crippen LogP contribution < -0.4 is 0 Å². The molecule has 0 aromatic carbocycles. The minimum Gasteiger partial charge on any atom is -0.357 e. The summed E-state index contributed by atoms with van der Waals surface area (Å²) in [7, 11) is 1.71. The third-order valence-electron chi connectivity index (χ3n) is 3.59. The smallest absolute Gasteiger partial charge is 0.252 e. The molecule has 0 radical (unpaired) electrons. The second kappa shape index (κ2) is 5.00. The van der Waals surface area contributed by atoms with Gasteiger partial charge in [0.1, 0.15) is 0 Å². The fourth-order valence-electron chi connectivity index (χ4n) is 2.73. The lowest BCUT2D eigenvalue weighted by atomic mass is 9.93. The van der Waals surface area contributed by atoms with E-state index in [1.165, 1.54) is 12.0 Å². The molecule has 3 heteroatoms. The molecule has 0 spiro atoms. The van der Waals surface area contributed by atoms with Crippen LogP contribution in [0, 0.1) is 0 Å². The minimum absolute atomic E-state index is 0.0608. The Morgan fingerprint density at radius 2 is 2.12 bits per heavy atom. The number of methoxy groups -OCH3 is 1. The Labute approximate surface area is 97.5 Å². The van der Waals surface area contributed by atoms with Crippen molar-refractivity contribution >= 4 is 5.91 Å². The maximum atomic E-state index is 12.2. The van der Waals surface area contributed by atoms with Crippen LogP contribution in [0.3, 0.4) is 0 Å². The monoisotopic (exact) mass is 223 g/mol. The molecule has 0 aromatic heterocycles. The lowest BCUT2D eigenvalue weighted by Crippen LogP contribution is -2.37. The highest BCUT2D eigenvalue weighted by molar-refractivity contribution is 5.97. The van der Waals surface area contributed by atoms with Gasteiger partial charge in [-0.25, -0.2) is 0 Å². The molecule has 16 heavy (non-hydrogen) atoms. The summed E-state index contributed by atoms with van der Waals surface area (Å²) < 4.78 is 5.51. The van der Waals surface area contributed by atoms with Crippen LogP contribution in [-0.4, -0.2) is 30.7 Å². The summed E-state index contributed by atoms with van der Waals surface area (Å²) in [4.78, 5) is 14.1. The minimum atomic E-state index is -0.0608. The topological polar surface area (TPSA) is 29.5 Å². The van der Waals surface area contributed by atoms with E-state index < -0.39 is 0 Å². The zero-order chi connectivity index (χ0) is 11.5. The molecule has 1 amide bonds. The van der Waals surface area contributed by atoms with E-state index in [0.717, 1.165) is 44.2 Å². The second-order valence-electron chi connectivity index (χ2n) is 4.65. The third-order valence-corrected chi connectivity index (χ3v) is 3.59. The van der Waals surface area contributed by atoms with E-state index in [2.05, 4.69) is 6.92 Å². The molecule has 2 aliphatic rings. The second-order valence-corrected chi connectivity index (χ2v) is 4.65. The zero-order valence-corrected chi connectivity index (χ0v) is 10.3. The summed E-state index contributed by atoms with van der Waals surface area (Å²) in [5.74, 6) is 0.231. The normalized spacial score (nSPS) is 25.2. The average molecular weight is 223 g/mol. The molecule has 1 aliphatic heterocycles. The Morgan fingerprint density at radius 1 is 1.38 bits per heavy atom. The maximum Gasteiger partial charge on any atom is 0.252 e. The summed E-state index contributed by atoms with van der Waals surface area (Å²) >= 11 is 0. The van der Waals surface area contributed by atoms with Crippen molar-refractivity contribution in [2.75, 3.05) is 13.7 Å². The molecule has 90 valence electrons. The van der Waals surface area contributed by atoms with Crippen LogP contribution in [0.25, 0.3) is 0 Å². The van der Waals surface area contributed by atoms with Crippen LogP contribution >= 0.6 is 0 Å². The van der Waals surface area contributed by atoms with Crippen molar-refractivity contribution in [3.63, 3.8) is 0 Å². The molecule has 3 nitrogen and oxygen atoms in total. The Balaban J connectivity index is 2.15. The Hall–Kier alpha value is -0.830. The van der Waals surface area contributed by atoms with E-state index in [1.54, 1.807) is 7.11 Å². The quantitative estimate of drug-likeness (QED) is 0.732. The number of hydrogen-bond acceptors (Lipinski definition) is 2. The average Bonchev–Trinajstić information content (AvgIpc) is 2.60. The van der Waals surface area contributed by atoms with Crippen LogP contribution in [-0.2, 0) is 9.53 Å². The first-order valence-electron chi connectivity index (χ1n) is 6.35. The van der Waals surface area contributed by atoms with Crippen LogP contribution in [0.15, 0.2) is 11.1 Å². The summed E-state index contributed by atoms with van der Waals surface area (Å²) in [6.07, 6.45) is 6.47. The SMILES string of the molecule is CCCCN1C(=O)C2=C(CCCC2)C1OC. The predicted molar refractivity (Wildman–Crippen MR) is 62.9 cm³/mol. The third kappa shape index (κ3) is 1.88. The fourth-order valence-corrected chi connectivity index (χ4v) is 2.73. The van der Waals surface area contributed by atoms with Gasteiger partial charge in [0.2, 0.25) is 0 Å². The molecule has 1 atom stereocenters. The van der Waals surface area contributed by atoms with Gasteiger partial charge in [0, 0.05) is 19.2 Å². The molecule has 0 aromatic rings. The van der Waals surface area contributed by atoms with Gasteiger partial charge in [0.15, 0.2) is 6.23 Å². The predicted octanol–water partition coefficient (Wildman–Crippen LogP) is 2.47. The Morgan fingerprint density at radius 3 is 2.81 bits per heavy atom. The molecule has 0 fully saturated rings. The lowest BCUT2D eigenvalue weighted by molar-refractivity contribution is -0.133. The van der Waals surface area contributed by atoms with E-state index in [-0.39, 0.29) is 12.1 Å². The van der Waals surface area contributed by atoms with Crippen molar-refractivity contribution in [3.8, 4) is 0 Å². The molecule has 0 N–H and O–H groups in total. The van der Waals surface area contributed by atoms with E-state index in [4.69, 9.17) is 4.74 Å². The molecule has 0 bridgehead atoms. The molecule has 0 saturated carbocycles. The summed E-state index contributed by atoms with van der Waals surface area (Å²) in [6, 6.07) is 0.